The highest BCUT2D eigenvalue weighted by molar-refractivity contribution is 6.10. The lowest BCUT2D eigenvalue weighted by molar-refractivity contribution is 0.745. The first-order chi connectivity index (χ1) is 30.3. The second kappa shape index (κ2) is 15.3. The molecule has 0 amide bonds. The first-order valence-corrected chi connectivity index (χ1v) is 21.0. The van der Waals surface area contributed by atoms with Gasteiger partial charge in [-0.2, -0.15) is 0 Å². The van der Waals surface area contributed by atoms with E-state index < -0.39 is 5.41 Å². The van der Waals surface area contributed by atoms with E-state index >= 15 is 0 Å². The van der Waals surface area contributed by atoms with E-state index in [1.807, 2.05) is 0 Å². The zero-order valence-electron chi connectivity index (χ0n) is 33.6. The third-order valence-corrected chi connectivity index (χ3v) is 12.3. The molecule has 0 bridgehead atoms. The van der Waals surface area contributed by atoms with E-state index in [9.17, 15) is 0 Å². The Hall–Kier alpha value is -7.94. The Labute approximate surface area is 356 Å². The van der Waals surface area contributed by atoms with E-state index in [1.54, 1.807) is 0 Å². The molecule has 61 heavy (non-hydrogen) atoms. The highest BCUT2D eigenvalue weighted by Crippen LogP contribution is 2.46. The molecule has 11 rings (SSSR count). The van der Waals surface area contributed by atoms with Gasteiger partial charge in [-0.3, -0.25) is 0 Å². The average Bonchev–Trinajstić information content (AvgIpc) is 3.67. The molecule has 2 nitrogen and oxygen atoms in total. The van der Waals surface area contributed by atoms with Crippen LogP contribution >= 0.6 is 0 Å². The number of benzene rings is 10. The van der Waals surface area contributed by atoms with Crippen molar-refractivity contribution in [1.29, 1.82) is 0 Å². The molecule has 0 saturated carbocycles. The normalized spacial score (nSPS) is 11.6. The molecule has 0 aliphatic heterocycles. The predicted octanol–water partition coefficient (Wildman–Crippen LogP) is 15.5. The van der Waals surface area contributed by atoms with Crippen molar-refractivity contribution in [3.8, 4) is 16.8 Å². The van der Waals surface area contributed by atoms with Gasteiger partial charge in [0.25, 0.3) is 0 Å². The second-order valence-corrected chi connectivity index (χ2v) is 15.7. The minimum Gasteiger partial charge on any atom is -0.310 e. The van der Waals surface area contributed by atoms with E-state index in [0.717, 1.165) is 28.3 Å². The summed E-state index contributed by atoms with van der Waals surface area (Å²) in [7, 11) is 0. The molecule has 0 N–H and O–H groups in total. The van der Waals surface area contributed by atoms with Crippen LogP contribution in [0.4, 0.5) is 17.1 Å². The van der Waals surface area contributed by atoms with Crippen molar-refractivity contribution in [2.75, 3.05) is 4.90 Å². The van der Waals surface area contributed by atoms with Crippen LogP contribution in [0.5, 0.6) is 0 Å². The van der Waals surface area contributed by atoms with E-state index in [2.05, 4.69) is 264 Å². The molecule has 1 heterocycles. The van der Waals surface area contributed by atoms with Crippen LogP contribution in [0.25, 0.3) is 49.4 Å². The summed E-state index contributed by atoms with van der Waals surface area (Å²) < 4.78 is 2.39. The van der Waals surface area contributed by atoms with Crippen molar-refractivity contribution >= 4 is 49.6 Å². The Bertz CT molecular complexity index is 3170. The van der Waals surface area contributed by atoms with Gasteiger partial charge >= 0.3 is 0 Å². The molecule has 0 aliphatic carbocycles. The van der Waals surface area contributed by atoms with Crippen LogP contribution in [-0.4, -0.2) is 4.57 Å². The molecule has 288 valence electrons. The van der Waals surface area contributed by atoms with Gasteiger partial charge in [0.1, 0.15) is 0 Å². The Balaban J connectivity index is 1.02. The third-order valence-electron chi connectivity index (χ3n) is 12.3. The maximum atomic E-state index is 2.39. The fourth-order valence-corrected chi connectivity index (χ4v) is 9.50. The number of anilines is 3. The van der Waals surface area contributed by atoms with Gasteiger partial charge in [0.15, 0.2) is 0 Å². The van der Waals surface area contributed by atoms with Crippen molar-refractivity contribution in [2.24, 2.45) is 0 Å². The standard InChI is InChI=1S/C59H42N2/c1-5-19-47(20-6-1)59(48-21-7-2-8-22-48,49-23-9-3-10-24-49)50-34-29-44(30-35-50)45-31-36-52(37-32-45)60(53-38-33-43-17-13-14-18-46(43)41-53)54-39-40-56-55-27-15-16-28-57(55)61(58(56)42-54)51-25-11-4-12-26-51/h1-42H. The summed E-state index contributed by atoms with van der Waals surface area (Å²) in [4.78, 5) is 2.39. The van der Waals surface area contributed by atoms with Crippen LogP contribution < -0.4 is 4.90 Å². The molecule has 0 unspecified atom stereocenters. The van der Waals surface area contributed by atoms with Gasteiger partial charge < -0.3 is 9.47 Å². The Morgan fingerprint density at radius 3 is 1.36 bits per heavy atom. The van der Waals surface area contributed by atoms with Crippen molar-refractivity contribution in [2.45, 2.75) is 5.41 Å². The summed E-state index contributed by atoms with van der Waals surface area (Å²) in [5.74, 6) is 0. The van der Waals surface area contributed by atoms with Crippen molar-refractivity contribution in [1.82, 2.24) is 4.57 Å². The molecule has 1 aromatic heterocycles. The maximum Gasteiger partial charge on any atom is 0.0701 e. The summed E-state index contributed by atoms with van der Waals surface area (Å²) >= 11 is 0. The van der Waals surface area contributed by atoms with Gasteiger partial charge in [-0.1, -0.05) is 200 Å². The van der Waals surface area contributed by atoms with Crippen LogP contribution in [0.15, 0.2) is 255 Å². The number of nitrogens with zero attached hydrogens (tertiary/aromatic N) is 2. The Morgan fingerprint density at radius 1 is 0.295 bits per heavy atom. The largest absolute Gasteiger partial charge is 0.310 e. The summed E-state index contributed by atoms with van der Waals surface area (Å²) in [6, 6.07) is 92.6. The van der Waals surface area contributed by atoms with Crippen LogP contribution in [0.1, 0.15) is 22.3 Å². The molecule has 0 fully saturated rings. The lowest BCUT2D eigenvalue weighted by Gasteiger charge is -2.37. The molecular formula is C59H42N2. The first kappa shape index (κ1) is 36.2. The van der Waals surface area contributed by atoms with E-state index in [0.29, 0.717) is 0 Å². The van der Waals surface area contributed by atoms with Crippen LogP contribution in [0.2, 0.25) is 0 Å². The monoisotopic (exact) mass is 778 g/mol. The van der Waals surface area contributed by atoms with E-state index in [4.69, 9.17) is 0 Å². The smallest absolute Gasteiger partial charge is 0.0701 e. The summed E-state index contributed by atoms with van der Waals surface area (Å²) in [5.41, 5.74) is 13.6. The molecular weight excluding hydrogens is 737 g/mol. The number of aromatic nitrogens is 1. The van der Waals surface area contributed by atoms with Crippen molar-refractivity contribution in [3.63, 3.8) is 0 Å². The Kier molecular flexibility index (Phi) is 9.09. The third kappa shape index (κ3) is 6.29. The summed E-state index contributed by atoms with van der Waals surface area (Å²) in [5, 5.41) is 4.91. The molecule has 0 saturated heterocycles. The number of rotatable bonds is 9. The molecule has 0 spiro atoms. The summed E-state index contributed by atoms with van der Waals surface area (Å²) in [6.45, 7) is 0. The topological polar surface area (TPSA) is 8.17 Å². The van der Waals surface area contributed by atoms with E-state index in [1.165, 1.54) is 60.4 Å². The molecule has 0 aliphatic rings. The molecule has 10 aromatic carbocycles. The zero-order chi connectivity index (χ0) is 40.6. The van der Waals surface area contributed by atoms with Gasteiger partial charge in [0, 0.05) is 33.5 Å². The number of para-hydroxylation sites is 2. The average molecular weight is 779 g/mol. The highest BCUT2D eigenvalue weighted by atomic mass is 15.1. The minimum absolute atomic E-state index is 0.486. The molecule has 2 heteroatoms. The lowest BCUT2D eigenvalue weighted by atomic mass is 9.65. The first-order valence-electron chi connectivity index (χ1n) is 21.0. The highest BCUT2D eigenvalue weighted by Gasteiger charge is 2.38. The van der Waals surface area contributed by atoms with Gasteiger partial charge in [0.2, 0.25) is 0 Å². The van der Waals surface area contributed by atoms with Crippen molar-refractivity contribution < 1.29 is 0 Å². The minimum atomic E-state index is -0.486. The molecule has 0 atom stereocenters. The quantitative estimate of drug-likeness (QED) is 0.133. The number of hydrogen-bond acceptors (Lipinski definition) is 1. The summed E-state index contributed by atoms with van der Waals surface area (Å²) in [6.07, 6.45) is 0. The zero-order valence-corrected chi connectivity index (χ0v) is 33.6. The van der Waals surface area contributed by atoms with E-state index in [-0.39, 0.29) is 0 Å². The van der Waals surface area contributed by atoms with Gasteiger partial charge in [-0.05, 0) is 98.8 Å². The molecule has 0 radical (unpaired) electrons. The lowest BCUT2D eigenvalue weighted by Crippen LogP contribution is -2.30. The van der Waals surface area contributed by atoms with Crippen LogP contribution in [-0.2, 0) is 5.41 Å². The predicted molar refractivity (Wildman–Crippen MR) is 257 cm³/mol. The fraction of sp³-hybridized carbons (Fsp3) is 0.0169. The maximum absolute atomic E-state index is 2.39. The van der Waals surface area contributed by atoms with Gasteiger partial charge in [-0.15, -0.1) is 0 Å². The van der Waals surface area contributed by atoms with Crippen LogP contribution in [0, 0.1) is 0 Å². The van der Waals surface area contributed by atoms with Crippen LogP contribution in [0.3, 0.4) is 0 Å². The van der Waals surface area contributed by atoms with Crippen molar-refractivity contribution in [3.05, 3.63) is 277 Å². The van der Waals surface area contributed by atoms with Gasteiger partial charge in [0.05, 0.1) is 16.4 Å². The van der Waals surface area contributed by atoms with Gasteiger partial charge in [-0.25, -0.2) is 0 Å². The molecule has 11 aromatic rings. The second-order valence-electron chi connectivity index (χ2n) is 15.7. The Morgan fingerprint density at radius 2 is 0.738 bits per heavy atom. The number of fused-ring (bicyclic) bond motifs is 4. The number of hydrogen-bond donors (Lipinski definition) is 0. The fourth-order valence-electron chi connectivity index (χ4n) is 9.50. The SMILES string of the molecule is c1ccc(-n2c3ccccc3c3ccc(N(c4ccc(-c5ccc(C(c6ccccc6)(c6ccccc6)c6ccccc6)cc5)cc4)c4ccc5ccccc5c4)cc32)cc1.